The predicted molar refractivity (Wildman–Crippen MR) is 165 cm³/mol. The van der Waals surface area contributed by atoms with Crippen LogP contribution in [0.1, 0.15) is 90.9 Å². The Hall–Kier alpha value is -0.790. The van der Waals surface area contributed by atoms with E-state index in [1.807, 2.05) is 21.7 Å². The molecule has 7 atom stereocenters. The normalized spacial score (nSPS) is 41.4. The van der Waals surface area contributed by atoms with Crippen LogP contribution in [0.4, 0.5) is 18.0 Å². The quantitative estimate of drug-likeness (QED) is 0.332. The maximum absolute atomic E-state index is 13.6. The second-order valence-electron chi connectivity index (χ2n) is 14.9. The highest BCUT2D eigenvalue weighted by Crippen LogP contribution is 2.41. The summed E-state index contributed by atoms with van der Waals surface area (Å²) >= 11 is 1.85. The van der Waals surface area contributed by atoms with E-state index in [1.54, 1.807) is 0 Å². The van der Waals surface area contributed by atoms with E-state index in [0.29, 0.717) is 55.9 Å². The number of fused-ring (bicyclic) bond motifs is 6. The fourth-order valence-electron chi connectivity index (χ4n) is 8.97. The molecule has 2 amide bonds. The smallest absolute Gasteiger partial charge is 0.323 e. The molecule has 0 radical (unpaired) electrons. The van der Waals surface area contributed by atoms with Crippen molar-refractivity contribution in [2.45, 2.75) is 126 Å². The zero-order valence-corrected chi connectivity index (χ0v) is 27.0. The molecular formula is C31H54F3N7OS. The second kappa shape index (κ2) is 13.5. The number of rotatable bonds is 3. The highest BCUT2D eigenvalue weighted by Gasteiger charge is 2.48. The Morgan fingerprint density at radius 1 is 0.953 bits per heavy atom. The summed E-state index contributed by atoms with van der Waals surface area (Å²) in [5.74, 6) is 0.121. The van der Waals surface area contributed by atoms with E-state index in [9.17, 15) is 18.0 Å². The molecule has 0 aromatic rings. The van der Waals surface area contributed by atoms with Crippen molar-refractivity contribution in [1.29, 1.82) is 0 Å². The molecule has 6 unspecified atom stereocenters. The minimum absolute atomic E-state index is 0.00530. The minimum atomic E-state index is -4.09. The minimum Gasteiger partial charge on any atom is -0.323 e. The van der Waals surface area contributed by atoms with Crippen molar-refractivity contribution in [3.8, 4) is 0 Å². The van der Waals surface area contributed by atoms with Gasteiger partial charge >= 0.3 is 12.2 Å². The number of alkyl halides is 3. The summed E-state index contributed by atoms with van der Waals surface area (Å²) in [6.07, 6.45) is 7.26. The van der Waals surface area contributed by atoms with E-state index in [-0.39, 0.29) is 42.7 Å². The molecular weight excluding hydrogens is 575 g/mol. The molecule has 6 fully saturated rings. The van der Waals surface area contributed by atoms with Crippen LogP contribution in [0.25, 0.3) is 0 Å². The average molecular weight is 630 g/mol. The number of piperidine rings is 2. The van der Waals surface area contributed by atoms with Crippen LogP contribution in [-0.4, -0.2) is 95.6 Å². The summed E-state index contributed by atoms with van der Waals surface area (Å²) in [6.45, 7) is 9.81. The van der Waals surface area contributed by atoms with Gasteiger partial charge in [0, 0.05) is 44.2 Å². The molecule has 5 saturated heterocycles. The van der Waals surface area contributed by atoms with Crippen LogP contribution in [0, 0.1) is 23.7 Å². The molecule has 0 spiro atoms. The fraction of sp³-hybridized carbons (Fsp3) is 0.968. The molecule has 4 N–H and O–H groups in total. The standard InChI is InChI=1S/C31H54F3N7OS/c1-30(2)17-22-5-4-14-35-25-6-3-7-27(37-25)43-36-18-23-10-13-26(38-28(23)41(30)20-22)40-16-15-39(29(40)42)19-21-8-11-24(12-9-21)31(32,33)34/h21-28,35-38H,3-20H2,1-2H3/t21?,22-,23?,24?,25?,26?,27?,28?/m0/s1. The zero-order chi connectivity index (χ0) is 30.2. The first-order chi connectivity index (χ1) is 20.6. The number of halogens is 3. The van der Waals surface area contributed by atoms with Gasteiger partial charge in [0.25, 0.3) is 0 Å². The Labute approximate surface area is 260 Å². The summed E-state index contributed by atoms with van der Waals surface area (Å²) in [4.78, 5) is 20.3. The fourth-order valence-corrected chi connectivity index (χ4v) is 9.99. The van der Waals surface area contributed by atoms with Gasteiger partial charge in [0.1, 0.15) is 0 Å². The molecule has 5 aliphatic heterocycles. The molecule has 6 aliphatic rings. The molecule has 4 bridgehead atoms. The maximum atomic E-state index is 13.6. The summed E-state index contributed by atoms with van der Waals surface area (Å²) < 4.78 is 43.2. The third-order valence-electron chi connectivity index (χ3n) is 11.4. The number of carbonyl (C=O) groups is 1. The van der Waals surface area contributed by atoms with Crippen molar-refractivity contribution in [3.05, 3.63) is 0 Å². The molecule has 246 valence electrons. The molecule has 5 heterocycles. The molecule has 1 saturated carbocycles. The van der Waals surface area contributed by atoms with Gasteiger partial charge in [-0.15, -0.1) is 0 Å². The van der Waals surface area contributed by atoms with E-state index in [2.05, 4.69) is 39.4 Å². The van der Waals surface area contributed by atoms with Gasteiger partial charge < -0.3 is 15.1 Å². The molecule has 43 heavy (non-hydrogen) atoms. The Kier molecular flexibility index (Phi) is 10.1. The topological polar surface area (TPSA) is 74.9 Å². The number of nitrogens with one attached hydrogen (secondary N) is 4. The van der Waals surface area contributed by atoms with Crippen LogP contribution in [0.5, 0.6) is 0 Å². The van der Waals surface area contributed by atoms with Crippen molar-refractivity contribution in [2.75, 3.05) is 39.3 Å². The number of urea groups is 1. The van der Waals surface area contributed by atoms with Crippen molar-refractivity contribution < 1.29 is 18.0 Å². The maximum Gasteiger partial charge on any atom is 0.391 e. The van der Waals surface area contributed by atoms with Gasteiger partial charge in [-0.1, -0.05) is 11.9 Å². The Bertz CT molecular complexity index is 949. The Morgan fingerprint density at radius 2 is 1.77 bits per heavy atom. The first-order valence-corrected chi connectivity index (χ1v) is 18.0. The summed E-state index contributed by atoms with van der Waals surface area (Å²) in [6, 6.07) is 0.0590. The van der Waals surface area contributed by atoms with Crippen LogP contribution >= 0.6 is 11.9 Å². The van der Waals surface area contributed by atoms with Gasteiger partial charge in [-0.05, 0) is 109 Å². The van der Waals surface area contributed by atoms with Crippen molar-refractivity contribution >= 4 is 18.0 Å². The van der Waals surface area contributed by atoms with E-state index in [4.69, 9.17) is 0 Å². The largest absolute Gasteiger partial charge is 0.391 e. The molecule has 8 nitrogen and oxygen atoms in total. The first kappa shape index (κ1) is 32.2. The van der Waals surface area contributed by atoms with Gasteiger partial charge in [0.05, 0.1) is 29.8 Å². The molecule has 0 aromatic carbocycles. The summed E-state index contributed by atoms with van der Waals surface area (Å²) in [5, 5.41) is 12.0. The Balaban J connectivity index is 1.09. The number of hydrogen-bond acceptors (Lipinski definition) is 7. The predicted octanol–water partition coefficient (Wildman–Crippen LogP) is 4.89. The molecule has 12 heteroatoms. The zero-order valence-electron chi connectivity index (χ0n) is 26.1. The third kappa shape index (κ3) is 7.62. The number of amides is 2. The number of hydrogen-bond donors (Lipinski definition) is 4. The van der Waals surface area contributed by atoms with Crippen LogP contribution < -0.4 is 20.7 Å². The van der Waals surface area contributed by atoms with Crippen LogP contribution in [-0.2, 0) is 0 Å². The van der Waals surface area contributed by atoms with Crippen molar-refractivity contribution in [2.24, 2.45) is 23.7 Å². The molecule has 1 aliphatic carbocycles. The molecule has 0 aromatic heterocycles. The van der Waals surface area contributed by atoms with Gasteiger partial charge in [-0.3, -0.25) is 20.3 Å². The SMILES string of the molecule is CC1(C)C[C@@H]2CCCNC3CCCC(N3)SNCC3CCC(N4CCN(CC5CCC(C(F)(F)F)CC5)C4=O)NC3N1C2. The summed E-state index contributed by atoms with van der Waals surface area (Å²) in [5.41, 5.74) is 0.0918. The van der Waals surface area contributed by atoms with E-state index in [1.165, 1.54) is 38.5 Å². The van der Waals surface area contributed by atoms with Crippen molar-refractivity contribution in [3.63, 3.8) is 0 Å². The third-order valence-corrected chi connectivity index (χ3v) is 12.4. The van der Waals surface area contributed by atoms with Gasteiger partial charge in [-0.2, -0.15) is 13.2 Å². The molecule has 6 rings (SSSR count). The highest BCUT2D eigenvalue weighted by molar-refractivity contribution is 7.98. The summed E-state index contributed by atoms with van der Waals surface area (Å²) in [7, 11) is 0. The lowest BCUT2D eigenvalue weighted by Gasteiger charge is -2.48. The van der Waals surface area contributed by atoms with Crippen molar-refractivity contribution in [1.82, 2.24) is 35.4 Å². The van der Waals surface area contributed by atoms with Gasteiger partial charge in [0.15, 0.2) is 0 Å². The monoisotopic (exact) mass is 629 g/mol. The lowest BCUT2D eigenvalue weighted by Crippen LogP contribution is -2.65. The first-order valence-electron chi connectivity index (χ1n) is 17.1. The van der Waals surface area contributed by atoms with Crippen LogP contribution in [0.15, 0.2) is 0 Å². The van der Waals surface area contributed by atoms with E-state index < -0.39 is 12.1 Å². The second-order valence-corrected chi connectivity index (χ2v) is 16.0. The van der Waals surface area contributed by atoms with E-state index in [0.717, 1.165) is 32.5 Å². The Morgan fingerprint density at radius 3 is 2.56 bits per heavy atom. The van der Waals surface area contributed by atoms with E-state index >= 15 is 0 Å². The van der Waals surface area contributed by atoms with Gasteiger partial charge in [0.2, 0.25) is 0 Å². The lowest BCUT2D eigenvalue weighted by molar-refractivity contribution is -0.184. The van der Waals surface area contributed by atoms with Gasteiger partial charge in [-0.25, -0.2) is 4.79 Å². The number of nitrogens with zero attached hydrogens (tertiary/aromatic N) is 3. The number of carbonyl (C=O) groups excluding carboxylic acids is 1. The lowest BCUT2D eigenvalue weighted by atomic mass is 9.81. The van der Waals surface area contributed by atoms with Crippen LogP contribution in [0.3, 0.4) is 0 Å². The van der Waals surface area contributed by atoms with Crippen LogP contribution in [0.2, 0.25) is 0 Å². The average Bonchev–Trinajstić information content (AvgIpc) is 3.48. The highest BCUT2D eigenvalue weighted by atomic mass is 32.2.